The highest BCUT2D eigenvalue weighted by atomic mass is 16.4. The molecule has 1 aromatic rings. The molecule has 0 bridgehead atoms. The van der Waals surface area contributed by atoms with Crippen LogP contribution in [0.4, 0.5) is 5.69 Å². The summed E-state index contributed by atoms with van der Waals surface area (Å²) in [6, 6.07) is 2.90. The molecule has 1 amide bonds. The minimum absolute atomic E-state index is 0.0193. The summed E-state index contributed by atoms with van der Waals surface area (Å²) in [4.78, 5) is 26.1. The van der Waals surface area contributed by atoms with Gasteiger partial charge in [0.2, 0.25) is 5.91 Å². The van der Waals surface area contributed by atoms with E-state index in [1.807, 2.05) is 0 Å². The maximum absolute atomic E-state index is 11.7. The van der Waals surface area contributed by atoms with Gasteiger partial charge < -0.3 is 15.7 Å². The molecular formula is C11H13N3O3. The topological polar surface area (TPSA) is 91.3 Å². The number of nitrogens with one attached hydrogen (secondary N) is 2. The van der Waals surface area contributed by atoms with Gasteiger partial charge in [0.25, 0.3) is 0 Å². The summed E-state index contributed by atoms with van der Waals surface area (Å²) in [5.41, 5.74) is 0.484. The predicted molar refractivity (Wildman–Crippen MR) is 60.8 cm³/mol. The van der Waals surface area contributed by atoms with Gasteiger partial charge in [0.15, 0.2) is 0 Å². The van der Waals surface area contributed by atoms with Gasteiger partial charge in [-0.3, -0.25) is 4.79 Å². The van der Waals surface area contributed by atoms with Gasteiger partial charge in [-0.05, 0) is 25.1 Å². The van der Waals surface area contributed by atoms with Crippen molar-refractivity contribution in [2.75, 3.05) is 18.4 Å². The van der Waals surface area contributed by atoms with Gasteiger partial charge in [-0.25, -0.2) is 9.78 Å². The standard InChI is InChI=1S/C11H13N3O3/c15-10(7-3-4-12-5-7)14-8-1-2-9(11(16)17)13-6-8/h1-2,6-7,12H,3-5H2,(H,14,15)(H,16,17). The van der Waals surface area contributed by atoms with Crippen LogP contribution in [0, 0.1) is 5.92 Å². The average molecular weight is 235 g/mol. The Hall–Kier alpha value is -1.95. The minimum Gasteiger partial charge on any atom is -0.477 e. The third-order valence-corrected chi connectivity index (χ3v) is 2.68. The van der Waals surface area contributed by atoms with Gasteiger partial charge in [0.1, 0.15) is 5.69 Å². The van der Waals surface area contributed by atoms with E-state index in [0.717, 1.165) is 13.0 Å². The fourth-order valence-electron chi connectivity index (χ4n) is 1.72. The Labute approximate surface area is 98.1 Å². The van der Waals surface area contributed by atoms with Gasteiger partial charge in [-0.2, -0.15) is 0 Å². The molecule has 0 aliphatic carbocycles. The summed E-state index contributed by atoms with van der Waals surface area (Å²) in [6.45, 7) is 1.54. The number of nitrogens with zero attached hydrogens (tertiary/aromatic N) is 1. The van der Waals surface area contributed by atoms with Crippen LogP contribution in [0.1, 0.15) is 16.9 Å². The van der Waals surface area contributed by atoms with Crippen molar-refractivity contribution in [3.05, 3.63) is 24.0 Å². The number of carbonyl (C=O) groups is 2. The number of amides is 1. The van der Waals surface area contributed by atoms with E-state index in [2.05, 4.69) is 15.6 Å². The van der Waals surface area contributed by atoms with E-state index >= 15 is 0 Å². The number of carboxylic acids is 1. The number of rotatable bonds is 3. The Morgan fingerprint density at radius 3 is 2.82 bits per heavy atom. The lowest BCUT2D eigenvalue weighted by Crippen LogP contribution is -2.24. The first-order valence-electron chi connectivity index (χ1n) is 5.38. The first-order chi connectivity index (χ1) is 8.16. The molecule has 6 nitrogen and oxygen atoms in total. The van der Waals surface area contributed by atoms with E-state index < -0.39 is 5.97 Å². The van der Waals surface area contributed by atoms with Crippen LogP contribution in [0.15, 0.2) is 18.3 Å². The first-order valence-corrected chi connectivity index (χ1v) is 5.38. The molecular weight excluding hydrogens is 222 g/mol. The summed E-state index contributed by atoms with van der Waals surface area (Å²) in [7, 11) is 0. The molecule has 1 atom stereocenters. The second-order valence-corrected chi connectivity index (χ2v) is 3.92. The van der Waals surface area contributed by atoms with E-state index in [4.69, 9.17) is 5.11 Å². The molecule has 90 valence electrons. The fraction of sp³-hybridized carbons (Fsp3) is 0.364. The molecule has 2 rings (SSSR count). The van der Waals surface area contributed by atoms with Crippen LogP contribution >= 0.6 is 0 Å². The van der Waals surface area contributed by atoms with Crippen molar-refractivity contribution >= 4 is 17.6 Å². The molecule has 0 aromatic carbocycles. The summed E-state index contributed by atoms with van der Waals surface area (Å²) < 4.78 is 0. The Kier molecular flexibility index (Phi) is 3.34. The highest BCUT2D eigenvalue weighted by molar-refractivity contribution is 5.93. The van der Waals surface area contributed by atoms with Crippen molar-refractivity contribution in [2.24, 2.45) is 5.92 Å². The molecule has 3 N–H and O–H groups in total. The number of aromatic carboxylic acids is 1. The summed E-state index contributed by atoms with van der Waals surface area (Å²) in [5.74, 6) is -1.16. The zero-order chi connectivity index (χ0) is 12.3. The fourth-order valence-corrected chi connectivity index (χ4v) is 1.72. The second-order valence-electron chi connectivity index (χ2n) is 3.92. The Balaban J connectivity index is 1.98. The molecule has 0 spiro atoms. The molecule has 0 saturated carbocycles. The van der Waals surface area contributed by atoms with Crippen molar-refractivity contribution in [3.63, 3.8) is 0 Å². The van der Waals surface area contributed by atoms with Gasteiger partial charge in [0.05, 0.1) is 17.8 Å². The lowest BCUT2D eigenvalue weighted by Gasteiger charge is -2.09. The van der Waals surface area contributed by atoms with Crippen LogP contribution in [0.3, 0.4) is 0 Å². The van der Waals surface area contributed by atoms with Crippen LogP contribution in [0.2, 0.25) is 0 Å². The van der Waals surface area contributed by atoms with Crippen molar-refractivity contribution in [3.8, 4) is 0 Å². The van der Waals surface area contributed by atoms with E-state index in [-0.39, 0.29) is 17.5 Å². The highest BCUT2D eigenvalue weighted by Crippen LogP contribution is 2.12. The lowest BCUT2D eigenvalue weighted by molar-refractivity contribution is -0.119. The van der Waals surface area contributed by atoms with Crippen LogP contribution < -0.4 is 10.6 Å². The third kappa shape index (κ3) is 2.79. The minimum atomic E-state index is -1.08. The van der Waals surface area contributed by atoms with Crippen LogP contribution in [-0.4, -0.2) is 35.1 Å². The third-order valence-electron chi connectivity index (χ3n) is 2.68. The number of carboxylic acid groups (broad SMARTS) is 1. The first kappa shape index (κ1) is 11.5. The summed E-state index contributed by atoms with van der Waals surface area (Å²) >= 11 is 0. The van der Waals surface area contributed by atoms with Crippen LogP contribution in [-0.2, 0) is 4.79 Å². The smallest absolute Gasteiger partial charge is 0.354 e. The second kappa shape index (κ2) is 4.92. The van der Waals surface area contributed by atoms with E-state index in [0.29, 0.717) is 12.2 Å². The number of hydrogen-bond donors (Lipinski definition) is 3. The molecule has 17 heavy (non-hydrogen) atoms. The Morgan fingerprint density at radius 2 is 2.29 bits per heavy atom. The van der Waals surface area contributed by atoms with Gasteiger partial charge >= 0.3 is 5.97 Å². The quantitative estimate of drug-likeness (QED) is 0.702. The molecule has 1 saturated heterocycles. The zero-order valence-corrected chi connectivity index (χ0v) is 9.14. The normalized spacial score (nSPS) is 18.9. The number of carbonyl (C=O) groups excluding carboxylic acids is 1. The highest BCUT2D eigenvalue weighted by Gasteiger charge is 2.22. The van der Waals surface area contributed by atoms with Gasteiger partial charge in [0, 0.05) is 6.54 Å². The van der Waals surface area contributed by atoms with Crippen molar-refractivity contribution in [2.45, 2.75) is 6.42 Å². The number of aromatic nitrogens is 1. The van der Waals surface area contributed by atoms with Crippen LogP contribution in [0.25, 0.3) is 0 Å². The van der Waals surface area contributed by atoms with Crippen molar-refractivity contribution in [1.29, 1.82) is 0 Å². The summed E-state index contributed by atoms with van der Waals surface area (Å²) in [6.07, 6.45) is 2.18. The summed E-state index contributed by atoms with van der Waals surface area (Å²) in [5, 5.41) is 14.5. The van der Waals surface area contributed by atoms with E-state index in [1.54, 1.807) is 0 Å². The Morgan fingerprint density at radius 1 is 1.47 bits per heavy atom. The average Bonchev–Trinajstić information content (AvgIpc) is 2.83. The molecule has 0 radical (unpaired) electrons. The van der Waals surface area contributed by atoms with E-state index in [1.165, 1.54) is 18.3 Å². The van der Waals surface area contributed by atoms with Gasteiger partial charge in [-0.15, -0.1) is 0 Å². The SMILES string of the molecule is O=C(O)c1ccc(NC(=O)C2CCNC2)cn1. The molecule has 1 unspecified atom stereocenters. The maximum atomic E-state index is 11.7. The molecule has 1 aliphatic heterocycles. The number of hydrogen-bond acceptors (Lipinski definition) is 4. The molecule has 1 fully saturated rings. The molecule has 2 heterocycles. The molecule has 1 aromatic heterocycles. The Bertz CT molecular complexity index is 424. The monoisotopic (exact) mass is 235 g/mol. The number of pyridine rings is 1. The lowest BCUT2D eigenvalue weighted by atomic mass is 10.1. The van der Waals surface area contributed by atoms with Crippen molar-refractivity contribution in [1.82, 2.24) is 10.3 Å². The largest absolute Gasteiger partial charge is 0.477 e. The van der Waals surface area contributed by atoms with E-state index in [9.17, 15) is 9.59 Å². The van der Waals surface area contributed by atoms with Gasteiger partial charge in [-0.1, -0.05) is 0 Å². The maximum Gasteiger partial charge on any atom is 0.354 e. The predicted octanol–water partition coefficient (Wildman–Crippen LogP) is 0.328. The van der Waals surface area contributed by atoms with Crippen molar-refractivity contribution < 1.29 is 14.7 Å². The van der Waals surface area contributed by atoms with Crippen LogP contribution in [0.5, 0.6) is 0 Å². The number of anilines is 1. The molecule has 6 heteroatoms. The zero-order valence-electron chi connectivity index (χ0n) is 9.14. The molecule has 1 aliphatic rings.